The van der Waals surface area contributed by atoms with Crippen LogP contribution in [0.2, 0.25) is 0 Å². The van der Waals surface area contributed by atoms with Gasteiger partial charge in [0.15, 0.2) is 11.5 Å². The Bertz CT molecular complexity index is 684. The summed E-state index contributed by atoms with van der Waals surface area (Å²) in [5.41, 5.74) is 2.49. The van der Waals surface area contributed by atoms with Gasteiger partial charge in [-0.15, -0.1) is 0 Å². The molecule has 0 bridgehead atoms. The lowest BCUT2D eigenvalue weighted by atomic mass is 9.98. The van der Waals surface area contributed by atoms with E-state index in [0.29, 0.717) is 12.6 Å². The maximum Gasteiger partial charge on any atom is 0.161 e. The highest BCUT2D eigenvalue weighted by atomic mass is 16.5. The molecule has 1 N–H and O–H groups in total. The number of nitrogens with one attached hydrogen (secondary N) is 1. The average molecular weight is 369 g/mol. The Morgan fingerprint density at radius 1 is 1.04 bits per heavy atom. The standard InChI is InChI=1S/C23H32N2O2/c1-3-4-10-21(25-15-13-24-14-16-25)20-11-12-22(23(17-20)26-2)27-18-19-8-6-5-7-9-19/h5-9,11-12,17,21,24H,3-4,10,13-16,18H2,1-2H3/t21-/m0/s1. The van der Waals surface area contributed by atoms with Gasteiger partial charge in [-0.2, -0.15) is 0 Å². The van der Waals surface area contributed by atoms with Crippen LogP contribution in [0.5, 0.6) is 11.5 Å². The van der Waals surface area contributed by atoms with Crippen molar-refractivity contribution in [2.24, 2.45) is 0 Å². The molecule has 0 amide bonds. The van der Waals surface area contributed by atoms with E-state index in [2.05, 4.69) is 47.5 Å². The number of unbranched alkanes of at least 4 members (excludes halogenated alkanes) is 1. The summed E-state index contributed by atoms with van der Waals surface area (Å²) in [7, 11) is 1.72. The minimum Gasteiger partial charge on any atom is -0.493 e. The number of methoxy groups -OCH3 is 1. The normalized spacial score (nSPS) is 16.1. The number of rotatable bonds is 9. The van der Waals surface area contributed by atoms with Crippen LogP contribution >= 0.6 is 0 Å². The minimum absolute atomic E-state index is 0.448. The predicted molar refractivity (Wildman–Crippen MR) is 110 cm³/mol. The van der Waals surface area contributed by atoms with Crippen molar-refractivity contribution in [3.63, 3.8) is 0 Å². The van der Waals surface area contributed by atoms with E-state index in [9.17, 15) is 0 Å². The first-order valence-electron chi connectivity index (χ1n) is 10.1. The molecule has 27 heavy (non-hydrogen) atoms. The van der Waals surface area contributed by atoms with Gasteiger partial charge in [0.05, 0.1) is 7.11 Å². The molecule has 146 valence electrons. The Hall–Kier alpha value is -2.04. The fraction of sp³-hybridized carbons (Fsp3) is 0.478. The lowest BCUT2D eigenvalue weighted by Gasteiger charge is -2.35. The number of piperazine rings is 1. The predicted octanol–water partition coefficient (Wildman–Crippen LogP) is 4.41. The number of nitrogens with zero attached hydrogens (tertiary/aromatic N) is 1. The SMILES string of the molecule is CCCC[C@@H](c1ccc(OCc2ccccc2)c(OC)c1)N1CCNCC1. The van der Waals surface area contributed by atoms with Crippen molar-refractivity contribution in [2.75, 3.05) is 33.3 Å². The molecule has 0 radical (unpaired) electrons. The topological polar surface area (TPSA) is 33.7 Å². The Morgan fingerprint density at radius 2 is 1.81 bits per heavy atom. The zero-order chi connectivity index (χ0) is 18.9. The van der Waals surface area contributed by atoms with Gasteiger partial charge < -0.3 is 14.8 Å². The first-order valence-corrected chi connectivity index (χ1v) is 10.1. The lowest BCUT2D eigenvalue weighted by Crippen LogP contribution is -2.45. The van der Waals surface area contributed by atoms with Crippen molar-refractivity contribution >= 4 is 0 Å². The van der Waals surface area contributed by atoms with Crippen molar-refractivity contribution < 1.29 is 9.47 Å². The van der Waals surface area contributed by atoms with E-state index in [1.54, 1.807) is 7.11 Å². The molecule has 1 atom stereocenters. The van der Waals surface area contributed by atoms with E-state index in [1.807, 2.05) is 18.2 Å². The molecule has 1 fully saturated rings. The summed E-state index contributed by atoms with van der Waals surface area (Å²) in [6, 6.07) is 17.1. The second kappa shape index (κ2) is 10.3. The average Bonchev–Trinajstić information content (AvgIpc) is 2.74. The van der Waals surface area contributed by atoms with Gasteiger partial charge in [-0.1, -0.05) is 56.2 Å². The van der Waals surface area contributed by atoms with E-state index in [-0.39, 0.29) is 0 Å². The zero-order valence-electron chi connectivity index (χ0n) is 16.6. The van der Waals surface area contributed by atoms with Crippen molar-refractivity contribution in [3.05, 3.63) is 59.7 Å². The number of benzene rings is 2. The molecule has 2 aromatic carbocycles. The van der Waals surface area contributed by atoms with Crippen LogP contribution in [-0.2, 0) is 6.61 Å². The van der Waals surface area contributed by atoms with Crippen molar-refractivity contribution in [1.82, 2.24) is 10.2 Å². The number of ether oxygens (including phenoxy) is 2. The van der Waals surface area contributed by atoms with E-state index in [1.165, 1.54) is 24.8 Å². The molecule has 0 aromatic heterocycles. The first kappa shape index (κ1) is 19.7. The Kier molecular flexibility index (Phi) is 7.55. The molecule has 1 saturated heterocycles. The zero-order valence-corrected chi connectivity index (χ0v) is 16.6. The molecular formula is C23H32N2O2. The monoisotopic (exact) mass is 368 g/mol. The highest BCUT2D eigenvalue weighted by Crippen LogP contribution is 2.34. The Labute approximate surface area is 163 Å². The fourth-order valence-corrected chi connectivity index (χ4v) is 3.70. The van der Waals surface area contributed by atoms with Crippen LogP contribution < -0.4 is 14.8 Å². The van der Waals surface area contributed by atoms with Gasteiger partial charge >= 0.3 is 0 Å². The summed E-state index contributed by atoms with van der Waals surface area (Å²) in [6.45, 7) is 7.14. The minimum atomic E-state index is 0.448. The maximum absolute atomic E-state index is 6.03. The van der Waals surface area contributed by atoms with Crippen molar-refractivity contribution in [3.8, 4) is 11.5 Å². The third-order valence-electron chi connectivity index (χ3n) is 5.23. The van der Waals surface area contributed by atoms with Crippen LogP contribution in [0.3, 0.4) is 0 Å². The quantitative estimate of drug-likeness (QED) is 0.711. The molecule has 1 heterocycles. The molecule has 0 aliphatic carbocycles. The van der Waals surface area contributed by atoms with Crippen molar-refractivity contribution in [2.45, 2.75) is 38.8 Å². The number of hydrogen-bond donors (Lipinski definition) is 1. The van der Waals surface area contributed by atoms with Gasteiger partial charge in [0, 0.05) is 32.2 Å². The highest BCUT2D eigenvalue weighted by molar-refractivity contribution is 5.44. The van der Waals surface area contributed by atoms with Gasteiger partial charge in [0.2, 0.25) is 0 Å². The van der Waals surface area contributed by atoms with Gasteiger partial charge in [0.1, 0.15) is 6.61 Å². The molecule has 0 saturated carbocycles. The third kappa shape index (κ3) is 5.47. The summed E-state index contributed by atoms with van der Waals surface area (Å²) in [5.74, 6) is 1.62. The smallest absolute Gasteiger partial charge is 0.161 e. The number of hydrogen-bond acceptors (Lipinski definition) is 4. The fourth-order valence-electron chi connectivity index (χ4n) is 3.70. The van der Waals surface area contributed by atoms with Gasteiger partial charge in [0.25, 0.3) is 0 Å². The van der Waals surface area contributed by atoms with Crippen LogP contribution in [0.1, 0.15) is 43.4 Å². The molecule has 0 unspecified atom stereocenters. The van der Waals surface area contributed by atoms with Crippen LogP contribution in [0.4, 0.5) is 0 Å². The van der Waals surface area contributed by atoms with E-state index in [4.69, 9.17) is 9.47 Å². The second-order valence-electron chi connectivity index (χ2n) is 7.13. The summed E-state index contributed by atoms with van der Waals surface area (Å²) in [4.78, 5) is 2.60. The van der Waals surface area contributed by atoms with E-state index < -0.39 is 0 Å². The molecule has 1 aliphatic heterocycles. The molecule has 2 aromatic rings. The summed E-state index contributed by atoms with van der Waals surface area (Å²) >= 11 is 0. The van der Waals surface area contributed by atoms with Crippen LogP contribution in [0, 0.1) is 0 Å². The summed E-state index contributed by atoms with van der Waals surface area (Å²) in [5, 5.41) is 3.45. The molecule has 0 spiro atoms. The summed E-state index contributed by atoms with van der Waals surface area (Å²) in [6.07, 6.45) is 3.64. The van der Waals surface area contributed by atoms with Gasteiger partial charge in [-0.25, -0.2) is 0 Å². The van der Waals surface area contributed by atoms with Crippen LogP contribution in [0.15, 0.2) is 48.5 Å². The van der Waals surface area contributed by atoms with Crippen LogP contribution in [-0.4, -0.2) is 38.2 Å². The Morgan fingerprint density at radius 3 is 2.52 bits per heavy atom. The first-order chi connectivity index (χ1) is 13.3. The molecule has 4 nitrogen and oxygen atoms in total. The van der Waals surface area contributed by atoms with Crippen molar-refractivity contribution in [1.29, 1.82) is 0 Å². The van der Waals surface area contributed by atoms with E-state index >= 15 is 0 Å². The highest BCUT2D eigenvalue weighted by Gasteiger charge is 2.23. The van der Waals surface area contributed by atoms with Gasteiger partial charge in [-0.3, -0.25) is 4.90 Å². The maximum atomic E-state index is 6.03. The summed E-state index contributed by atoms with van der Waals surface area (Å²) < 4.78 is 11.7. The second-order valence-corrected chi connectivity index (χ2v) is 7.13. The lowest BCUT2D eigenvalue weighted by molar-refractivity contribution is 0.163. The Balaban J connectivity index is 1.75. The van der Waals surface area contributed by atoms with Gasteiger partial charge in [-0.05, 0) is 29.7 Å². The molecule has 1 aliphatic rings. The molecular weight excluding hydrogens is 336 g/mol. The third-order valence-corrected chi connectivity index (χ3v) is 5.23. The molecule has 4 heteroatoms. The molecule has 3 rings (SSSR count). The largest absolute Gasteiger partial charge is 0.493 e. The van der Waals surface area contributed by atoms with E-state index in [0.717, 1.165) is 43.2 Å². The van der Waals surface area contributed by atoms with Crippen LogP contribution in [0.25, 0.3) is 0 Å².